The molecule has 3 heterocycles. The SMILES string of the molecule is COc1ccc(C2C(C(=O)Nc3cccnc3)=C(C)Nc3nc(-c4ccc(N(C)C)cc4)nn32)c(OC)c1. The highest BCUT2D eigenvalue weighted by atomic mass is 16.5. The average Bonchev–Trinajstić information content (AvgIpc) is 3.36. The smallest absolute Gasteiger partial charge is 0.255 e. The van der Waals surface area contributed by atoms with Gasteiger partial charge in [-0.1, -0.05) is 0 Å². The summed E-state index contributed by atoms with van der Waals surface area (Å²) in [5.41, 5.74) is 4.39. The maximum Gasteiger partial charge on any atom is 0.255 e. The minimum absolute atomic E-state index is 0.288. The zero-order valence-corrected chi connectivity index (χ0v) is 21.9. The largest absolute Gasteiger partial charge is 0.497 e. The van der Waals surface area contributed by atoms with Crippen molar-refractivity contribution in [3.63, 3.8) is 0 Å². The fourth-order valence-electron chi connectivity index (χ4n) is 4.44. The normalized spacial score (nSPS) is 14.4. The van der Waals surface area contributed by atoms with Gasteiger partial charge in [0.2, 0.25) is 5.95 Å². The third-order valence-electron chi connectivity index (χ3n) is 6.39. The molecule has 10 heteroatoms. The summed E-state index contributed by atoms with van der Waals surface area (Å²) in [6.45, 7) is 1.85. The van der Waals surface area contributed by atoms with Crippen LogP contribution in [-0.4, -0.2) is 54.0 Å². The first-order chi connectivity index (χ1) is 18.4. The topological polar surface area (TPSA) is 106 Å². The summed E-state index contributed by atoms with van der Waals surface area (Å²) in [7, 11) is 7.17. The lowest BCUT2D eigenvalue weighted by molar-refractivity contribution is -0.113. The van der Waals surface area contributed by atoms with E-state index >= 15 is 0 Å². The van der Waals surface area contributed by atoms with Crippen molar-refractivity contribution in [1.29, 1.82) is 0 Å². The van der Waals surface area contributed by atoms with Crippen LogP contribution in [0.5, 0.6) is 11.5 Å². The number of rotatable bonds is 7. The predicted octanol–water partition coefficient (Wildman–Crippen LogP) is 4.35. The van der Waals surface area contributed by atoms with Gasteiger partial charge in [0.25, 0.3) is 5.91 Å². The van der Waals surface area contributed by atoms with Crippen molar-refractivity contribution in [1.82, 2.24) is 19.7 Å². The molecule has 1 atom stereocenters. The van der Waals surface area contributed by atoms with E-state index < -0.39 is 6.04 Å². The lowest BCUT2D eigenvalue weighted by Crippen LogP contribution is -2.31. The van der Waals surface area contributed by atoms with E-state index in [1.165, 1.54) is 0 Å². The number of ether oxygens (including phenoxy) is 2. The summed E-state index contributed by atoms with van der Waals surface area (Å²) < 4.78 is 12.9. The lowest BCUT2D eigenvalue weighted by atomic mass is 9.94. The van der Waals surface area contributed by atoms with Crippen molar-refractivity contribution >= 4 is 23.2 Å². The first-order valence-corrected chi connectivity index (χ1v) is 12.0. The summed E-state index contributed by atoms with van der Waals surface area (Å²) >= 11 is 0. The monoisotopic (exact) mass is 511 g/mol. The van der Waals surface area contributed by atoms with Gasteiger partial charge in [-0.05, 0) is 55.5 Å². The second-order valence-electron chi connectivity index (χ2n) is 9.01. The molecule has 1 aliphatic rings. The molecule has 4 aromatic rings. The summed E-state index contributed by atoms with van der Waals surface area (Å²) in [6, 6.07) is 16.4. The molecule has 2 aromatic carbocycles. The van der Waals surface area contributed by atoms with Gasteiger partial charge in [-0.2, -0.15) is 4.98 Å². The highest BCUT2D eigenvalue weighted by Crippen LogP contribution is 2.41. The number of nitrogens with one attached hydrogen (secondary N) is 2. The predicted molar refractivity (Wildman–Crippen MR) is 147 cm³/mol. The van der Waals surface area contributed by atoms with Crippen molar-refractivity contribution in [3.8, 4) is 22.9 Å². The fourth-order valence-corrected chi connectivity index (χ4v) is 4.44. The number of benzene rings is 2. The van der Waals surface area contributed by atoms with Crippen molar-refractivity contribution < 1.29 is 14.3 Å². The van der Waals surface area contributed by atoms with Gasteiger partial charge in [0.1, 0.15) is 17.5 Å². The lowest BCUT2D eigenvalue weighted by Gasteiger charge is -2.29. The summed E-state index contributed by atoms with van der Waals surface area (Å²) in [4.78, 5) is 24.6. The molecule has 1 amide bonds. The van der Waals surface area contributed by atoms with E-state index in [-0.39, 0.29) is 5.91 Å². The van der Waals surface area contributed by atoms with E-state index in [0.717, 1.165) is 16.8 Å². The molecule has 5 rings (SSSR count). The molecule has 194 valence electrons. The molecule has 1 unspecified atom stereocenters. The molecule has 0 spiro atoms. The minimum atomic E-state index is -0.619. The Labute approximate surface area is 220 Å². The van der Waals surface area contributed by atoms with Gasteiger partial charge in [0.05, 0.1) is 31.7 Å². The number of anilines is 3. The molecule has 10 nitrogen and oxygen atoms in total. The minimum Gasteiger partial charge on any atom is -0.497 e. The Bertz CT molecular complexity index is 1490. The Balaban J connectivity index is 1.62. The van der Waals surface area contributed by atoms with Crippen molar-refractivity contribution in [3.05, 3.63) is 83.8 Å². The zero-order valence-electron chi connectivity index (χ0n) is 21.9. The number of carbonyl (C=O) groups excluding carboxylic acids is 1. The van der Waals surface area contributed by atoms with Crippen molar-refractivity contribution in [2.75, 3.05) is 43.8 Å². The van der Waals surface area contributed by atoms with Crippen LogP contribution in [-0.2, 0) is 4.79 Å². The number of amides is 1. The number of fused-ring (bicyclic) bond motifs is 1. The number of methoxy groups -OCH3 is 2. The third-order valence-corrected chi connectivity index (χ3v) is 6.39. The van der Waals surface area contributed by atoms with Gasteiger partial charge in [0, 0.05) is 48.9 Å². The first kappa shape index (κ1) is 24.8. The summed E-state index contributed by atoms with van der Waals surface area (Å²) in [6.07, 6.45) is 3.26. The summed E-state index contributed by atoms with van der Waals surface area (Å²) in [5, 5.41) is 11.1. The maximum absolute atomic E-state index is 13.7. The number of allylic oxidation sites excluding steroid dienone is 1. The van der Waals surface area contributed by atoms with Crippen molar-refractivity contribution in [2.24, 2.45) is 0 Å². The first-order valence-electron chi connectivity index (χ1n) is 12.0. The van der Waals surface area contributed by atoms with E-state index in [1.807, 2.05) is 62.3 Å². The highest BCUT2D eigenvalue weighted by Gasteiger charge is 2.36. The van der Waals surface area contributed by atoms with Crippen LogP contribution in [0.3, 0.4) is 0 Å². The molecule has 38 heavy (non-hydrogen) atoms. The van der Waals surface area contributed by atoms with Crippen LogP contribution in [0.4, 0.5) is 17.3 Å². The molecule has 0 fully saturated rings. The molecule has 2 N–H and O–H groups in total. The van der Waals surface area contributed by atoms with Crippen LogP contribution in [0.2, 0.25) is 0 Å². The Hall–Kier alpha value is -4.86. The van der Waals surface area contributed by atoms with Crippen LogP contribution in [0.1, 0.15) is 18.5 Å². The molecule has 0 radical (unpaired) electrons. The molecule has 0 aliphatic carbocycles. The molecule has 0 saturated carbocycles. The third kappa shape index (κ3) is 4.63. The van der Waals surface area contributed by atoms with Crippen LogP contribution in [0, 0.1) is 0 Å². The van der Waals surface area contributed by atoms with E-state index in [4.69, 9.17) is 19.6 Å². The van der Waals surface area contributed by atoms with Gasteiger partial charge in [0.15, 0.2) is 5.82 Å². The van der Waals surface area contributed by atoms with E-state index in [9.17, 15) is 4.79 Å². The van der Waals surface area contributed by atoms with Gasteiger partial charge in [-0.3, -0.25) is 9.78 Å². The zero-order chi connectivity index (χ0) is 26.8. The fraction of sp³-hybridized carbons (Fsp3) is 0.214. The standard InChI is InChI=1S/C28H29N7O3/c1-17-24(27(36)31-19-7-6-14-29-16-19)25(22-13-12-21(37-4)15-23(22)38-5)35-28(30-17)32-26(33-35)18-8-10-20(11-9-18)34(2)3/h6-16,25H,1-5H3,(H,31,36)(H,30,32,33). The Kier molecular flexibility index (Phi) is 6.69. The van der Waals surface area contributed by atoms with Gasteiger partial charge < -0.3 is 25.0 Å². The molecule has 1 aliphatic heterocycles. The van der Waals surface area contributed by atoms with Crippen LogP contribution in [0.15, 0.2) is 78.3 Å². The second kappa shape index (κ2) is 10.3. The molecular weight excluding hydrogens is 482 g/mol. The molecule has 0 saturated heterocycles. The Morgan fingerprint density at radius 1 is 1.08 bits per heavy atom. The number of pyridine rings is 1. The van der Waals surface area contributed by atoms with Crippen LogP contribution < -0.4 is 25.0 Å². The van der Waals surface area contributed by atoms with Gasteiger partial charge >= 0.3 is 0 Å². The number of hydrogen-bond donors (Lipinski definition) is 2. The summed E-state index contributed by atoms with van der Waals surface area (Å²) in [5.74, 6) is 1.98. The number of hydrogen-bond acceptors (Lipinski definition) is 8. The Morgan fingerprint density at radius 3 is 2.53 bits per heavy atom. The van der Waals surface area contributed by atoms with Crippen LogP contribution >= 0.6 is 0 Å². The average molecular weight is 512 g/mol. The van der Waals surface area contributed by atoms with Gasteiger partial charge in [-0.25, -0.2) is 4.68 Å². The van der Waals surface area contributed by atoms with E-state index in [1.54, 1.807) is 49.5 Å². The molecule has 0 bridgehead atoms. The van der Waals surface area contributed by atoms with Crippen LogP contribution in [0.25, 0.3) is 11.4 Å². The van der Waals surface area contributed by atoms with Gasteiger partial charge in [-0.15, -0.1) is 5.10 Å². The number of carbonyl (C=O) groups is 1. The molecular formula is C28H29N7O3. The second-order valence-corrected chi connectivity index (χ2v) is 9.01. The van der Waals surface area contributed by atoms with E-state index in [2.05, 4.69) is 15.6 Å². The maximum atomic E-state index is 13.7. The number of nitrogens with zero attached hydrogens (tertiary/aromatic N) is 5. The number of aromatic nitrogens is 4. The Morgan fingerprint density at radius 2 is 1.87 bits per heavy atom. The van der Waals surface area contributed by atoms with E-state index in [0.29, 0.717) is 40.2 Å². The quantitative estimate of drug-likeness (QED) is 0.377. The molecule has 2 aromatic heterocycles. The highest BCUT2D eigenvalue weighted by molar-refractivity contribution is 6.06. The van der Waals surface area contributed by atoms with Crippen molar-refractivity contribution in [2.45, 2.75) is 13.0 Å².